The normalized spacial score (nSPS) is 13.0. The highest BCUT2D eigenvalue weighted by Gasteiger charge is 2.30. The van der Waals surface area contributed by atoms with Gasteiger partial charge >= 0.3 is 0 Å². The van der Waals surface area contributed by atoms with Crippen LogP contribution in [0.3, 0.4) is 0 Å². The van der Waals surface area contributed by atoms with Gasteiger partial charge in [0.1, 0.15) is 0 Å². The maximum absolute atomic E-state index is 13.1. The van der Waals surface area contributed by atoms with Gasteiger partial charge < -0.3 is 4.98 Å². The van der Waals surface area contributed by atoms with Crippen molar-refractivity contribution in [3.8, 4) is 0 Å². The average Bonchev–Trinajstić information content (AvgIpc) is 3.29. The summed E-state index contributed by atoms with van der Waals surface area (Å²) in [6.45, 7) is 11.7. The number of nitrogens with zero attached hydrogens (tertiary/aromatic N) is 5. The van der Waals surface area contributed by atoms with Gasteiger partial charge in [-0.2, -0.15) is 0 Å². The second-order valence-electron chi connectivity index (χ2n) is 9.98. The standard InChI is InChI=1S/C27H34N6O/c1-6-11-23(25-29-30-31-33(25)27(3,4)5)32(17-20-13-8-7-9-14-20)18-22-16-21-15-10-12-19(2)24(21)28-26(22)34/h7-10,12-16,23H,6,11,17-18H2,1-5H3,(H,28,34)/t23-/m0/s1. The molecular formula is C27H34N6O. The molecule has 2 heterocycles. The van der Waals surface area contributed by atoms with E-state index in [2.05, 4.69) is 65.2 Å². The minimum absolute atomic E-state index is 0.0352. The van der Waals surface area contributed by atoms with Crippen molar-refractivity contribution in [1.82, 2.24) is 30.1 Å². The van der Waals surface area contributed by atoms with Gasteiger partial charge in [0.25, 0.3) is 5.56 Å². The first kappa shape index (κ1) is 23.8. The second-order valence-corrected chi connectivity index (χ2v) is 9.98. The molecule has 0 saturated carbocycles. The third kappa shape index (κ3) is 5.09. The van der Waals surface area contributed by atoms with Crippen LogP contribution in [0.15, 0.2) is 59.4 Å². The van der Waals surface area contributed by atoms with Gasteiger partial charge in [-0.05, 0) is 67.1 Å². The number of aromatic nitrogens is 5. The Morgan fingerprint density at radius 2 is 1.82 bits per heavy atom. The number of aromatic amines is 1. The molecule has 0 fully saturated rings. The molecule has 4 aromatic rings. The Balaban J connectivity index is 1.79. The summed E-state index contributed by atoms with van der Waals surface area (Å²) in [5, 5.41) is 13.8. The van der Waals surface area contributed by atoms with E-state index < -0.39 is 0 Å². The highest BCUT2D eigenvalue weighted by Crippen LogP contribution is 2.30. The van der Waals surface area contributed by atoms with Gasteiger partial charge in [-0.3, -0.25) is 9.69 Å². The van der Waals surface area contributed by atoms with Crippen molar-refractivity contribution in [3.05, 3.63) is 87.5 Å². The van der Waals surface area contributed by atoms with Crippen molar-refractivity contribution >= 4 is 10.9 Å². The lowest BCUT2D eigenvalue weighted by molar-refractivity contribution is 0.148. The molecule has 178 valence electrons. The molecule has 0 aliphatic heterocycles. The number of pyridine rings is 1. The number of hydrogen-bond donors (Lipinski definition) is 1. The van der Waals surface area contributed by atoms with Crippen molar-refractivity contribution in [2.24, 2.45) is 0 Å². The molecule has 1 N–H and O–H groups in total. The minimum atomic E-state index is -0.249. The fraction of sp³-hybridized carbons (Fsp3) is 0.407. The Morgan fingerprint density at radius 1 is 1.06 bits per heavy atom. The number of H-pyrrole nitrogens is 1. The van der Waals surface area contributed by atoms with Crippen molar-refractivity contribution in [1.29, 1.82) is 0 Å². The zero-order chi connectivity index (χ0) is 24.3. The predicted molar refractivity (Wildman–Crippen MR) is 135 cm³/mol. The first-order chi connectivity index (χ1) is 16.3. The van der Waals surface area contributed by atoms with E-state index in [1.807, 2.05) is 54.1 Å². The van der Waals surface area contributed by atoms with Crippen LogP contribution in [0.1, 0.15) is 69.1 Å². The van der Waals surface area contributed by atoms with Gasteiger partial charge in [-0.15, -0.1) is 5.10 Å². The molecule has 0 bridgehead atoms. The van der Waals surface area contributed by atoms with E-state index in [1.54, 1.807) is 0 Å². The molecule has 7 nitrogen and oxygen atoms in total. The lowest BCUT2D eigenvalue weighted by Crippen LogP contribution is -2.35. The largest absolute Gasteiger partial charge is 0.321 e. The second kappa shape index (κ2) is 9.89. The van der Waals surface area contributed by atoms with E-state index in [1.165, 1.54) is 5.56 Å². The number of nitrogens with one attached hydrogen (secondary N) is 1. The summed E-state index contributed by atoms with van der Waals surface area (Å²) < 4.78 is 1.92. The highest BCUT2D eigenvalue weighted by atomic mass is 16.1. The van der Waals surface area contributed by atoms with Crippen LogP contribution in [0.25, 0.3) is 10.9 Å². The molecule has 34 heavy (non-hydrogen) atoms. The third-order valence-electron chi connectivity index (χ3n) is 6.20. The van der Waals surface area contributed by atoms with Gasteiger partial charge in [0.15, 0.2) is 5.82 Å². The molecule has 0 radical (unpaired) electrons. The zero-order valence-electron chi connectivity index (χ0n) is 20.7. The fourth-order valence-corrected chi connectivity index (χ4v) is 4.49. The summed E-state index contributed by atoms with van der Waals surface area (Å²) in [7, 11) is 0. The van der Waals surface area contributed by atoms with E-state index in [0.717, 1.165) is 40.7 Å². The molecule has 1 atom stereocenters. The average molecular weight is 459 g/mol. The minimum Gasteiger partial charge on any atom is -0.321 e. The van der Waals surface area contributed by atoms with Gasteiger partial charge in [0.05, 0.1) is 17.1 Å². The van der Waals surface area contributed by atoms with E-state index >= 15 is 0 Å². The van der Waals surface area contributed by atoms with Crippen LogP contribution < -0.4 is 5.56 Å². The fourth-order valence-electron chi connectivity index (χ4n) is 4.49. The zero-order valence-corrected chi connectivity index (χ0v) is 20.7. The van der Waals surface area contributed by atoms with Crippen LogP contribution in [-0.4, -0.2) is 30.1 Å². The van der Waals surface area contributed by atoms with Gasteiger partial charge in [0, 0.05) is 18.7 Å². The van der Waals surface area contributed by atoms with Gasteiger partial charge in [-0.1, -0.05) is 61.9 Å². The monoisotopic (exact) mass is 458 g/mol. The van der Waals surface area contributed by atoms with Crippen molar-refractivity contribution < 1.29 is 0 Å². The maximum atomic E-state index is 13.1. The number of fused-ring (bicyclic) bond motifs is 1. The summed E-state index contributed by atoms with van der Waals surface area (Å²) in [4.78, 5) is 18.6. The summed E-state index contributed by atoms with van der Waals surface area (Å²) in [6.07, 6.45) is 1.86. The maximum Gasteiger partial charge on any atom is 0.252 e. The summed E-state index contributed by atoms with van der Waals surface area (Å²) in [6, 6.07) is 18.4. The van der Waals surface area contributed by atoms with Crippen LogP contribution in [0.4, 0.5) is 0 Å². The van der Waals surface area contributed by atoms with E-state index in [9.17, 15) is 4.79 Å². The van der Waals surface area contributed by atoms with Crippen molar-refractivity contribution in [2.75, 3.05) is 0 Å². The summed E-state index contributed by atoms with van der Waals surface area (Å²) >= 11 is 0. The molecule has 2 aromatic carbocycles. The van der Waals surface area contributed by atoms with E-state index in [4.69, 9.17) is 0 Å². The van der Waals surface area contributed by atoms with Crippen LogP contribution in [0.5, 0.6) is 0 Å². The van der Waals surface area contributed by atoms with E-state index in [-0.39, 0.29) is 17.1 Å². The summed E-state index contributed by atoms with van der Waals surface area (Å²) in [5.74, 6) is 0.832. The topological polar surface area (TPSA) is 79.7 Å². The third-order valence-corrected chi connectivity index (χ3v) is 6.20. The summed E-state index contributed by atoms with van der Waals surface area (Å²) in [5.41, 5.74) is 3.59. The molecule has 0 aliphatic carbocycles. The Morgan fingerprint density at radius 3 is 2.53 bits per heavy atom. The van der Waals surface area contributed by atoms with Gasteiger partial charge in [0.2, 0.25) is 0 Å². The number of tetrazole rings is 1. The molecule has 0 spiro atoms. The molecule has 0 saturated heterocycles. The van der Waals surface area contributed by atoms with Crippen LogP contribution in [0.2, 0.25) is 0 Å². The first-order valence-corrected chi connectivity index (χ1v) is 12.0. The lowest BCUT2D eigenvalue weighted by atomic mass is 10.0. The Hall–Kier alpha value is -3.32. The Labute approximate surface area is 200 Å². The quantitative estimate of drug-likeness (QED) is 0.396. The van der Waals surface area contributed by atoms with Crippen molar-refractivity contribution in [2.45, 2.75) is 72.1 Å². The Bertz CT molecular complexity index is 1300. The molecule has 0 aliphatic rings. The predicted octanol–water partition coefficient (Wildman–Crippen LogP) is 5.12. The lowest BCUT2D eigenvalue weighted by Gasteiger charge is -2.33. The van der Waals surface area contributed by atoms with Crippen LogP contribution >= 0.6 is 0 Å². The molecule has 0 amide bonds. The van der Waals surface area contributed by atoms with Gasteiger partial charge in [-0.25, -0.2) is 4.68 Å². The number of para-hydroxylation sites is 1. The highest BCUT2D eigenvalue weighted by molar-refractivity contribution is 5.81. The number of hydrogen-bond acceptors (Lipinski definition) is 5. The van der Waals surface area contributed by atoms with Crippen LogP contribution in [-0.2, 0) is 18.6 Å². The smallest absolute Gasteiger partial charge is 0.252 e. The SMILES string of the molecule is CCC[C@@H](c1nnnn1C(C)(C)C)N(Cc1ccccc1)Cc1cc2cccc(C)c2[nH]c1=O. The number of rotatable bonds is 8. The molecular weight excluding hydrogens is 424 g/mol. The van der Waals surface area contributed by atoms with Crippen LogP contribution in [0, 0.1) is 6.92 Å². The number of benzene rings is 2. The molecule has 2 aromatic heterocycles. The Kier molecular flexibility index (Phi) is 6.93. The van der Waals surface area contributed by atoms with E-state index in [0.29, 0.717) is 13.1 Å². The van der Waals surface area contributed by atoms with Crippen molar-refractivity contribution in [3.63, 3.8) is 0 Å². The number of aryl methyl sites for hydroxylation is 1. The molecule has 7 heteroatoms. The molecule has 4 rings (SSSR count). The first-order valence-electron chi connectivity index (χ1n) is 12.0. The molecule has 0 unspecified atom stereocenters.